The van der Waals surface area contributed by atoms with E-state index in [4.69, 9.17) is 0 Å². The van der Waals surface area contributed by atoms with Crippen LogP contribution >= 0.6 is 0 Å². The first-order valence-electron chi connectivity index (χ1n) is 8.32. The molecule has 3 aromatic rings. The number of amides is 1. The molecule has 24 heavy (non-hydrogen) atoms. The number of carbonyl (C=O) groups is 1. The molecule has 0 spiro atoms. The van der Waals surface area contributed by atoms with Gasteiger partial charge in [-0.25, -0.2) is 0 Å². The molecule has 1 N–H and O–H groups in total. The molecule has 2 aromatic heterocycles. The Morgan fingerprint density at radius 1 is 1.25 bits per heavy atom. The molecule has 1 amide bonds. The maximum absolute atomic E-state index is 12.0. The van der Waals surface area contributed by atoms with Crippen LogP contribution in [0.2, 0.25) is 0 Å². The number of nitrogens with zero attached hydrogens (tertiary/aromatic N) is 4. The third-order valence-electron chi connectivity index (χ3n) is 4.18. The van der Waals surface area contributed by atoms with Crippen molar-refractivity contribution in [3.63, 3.8) is 0 Å². The average Bonchev–Trinajstić information content (AvgIpc) is 3.11. The lowest BCUT2D eigenvalue weighted by molar-refractivity contribution is 0.0953. The quantitative estimate of drug-likeness (QED) is 0.709. The van der Waals surface area contributed by atoms with Gasteiger partial charge in [0.05, 0.1) is 18.4 Å². The molecule has 0 bridgehead atoms. The smallest absolute Gasteiger partial charge is 0.251 e. The Balaban J connectivity index is 1.73. The van der Waals surface area contributed by atoms with Gasteiger partial charge >= 0.3 is 0 Å². The fourth-order valence-corrected chi connectivity index (χ4v) is 2.85. The van der Waals surface area contributed by atoms with E-state index in [1.807, 2.05) is 53.8 Å². The standard InChI is InChI=1S/C18H23N5O/c1-4-5-10-19-18(24)15-8-6-14(7-9-15)12-23-17-13(2)21-22(3)16(17)11-20-23/h6-9,11H,4-5,10,12H2,1-3H3,(H,19,24). The van der Waals surface area contributed by atoms with E-state index in [0.717, 1.165) is 41.7 Å². The Bertz CT molecular complexity index is 844. The highest BCUT2D eigenvalue weighted by Gasteiger charge is 2.12. The molecule has 0 fully saturated rings. The number of nitrogens with one attached hydrogen (secondary N) is 1. The van der Waals surface area contributed by atoms with E-state index in [0.29, 0.717) is 12.1 Å². The number of rotatable bonds is 6. The van der Waals surface area contributed by atoms with Crippen LogP contribution < -0.4 is 5.32 Å². The van der Waals surface area contributed by atoms with E-state index >= 15 is 0 Å². The van der Waals surface area contributed by atoms with Gasteiger partial charge in [-0.15, -0.1) is 0 Å². The van der Waals surface area contributed by atoms with Gasteiger partial charge in [-0.3, -0.25) is 14.2 Å². The molecule has 0 radical (unpaired) electrons. The topological polar surface area (TPSA) is 64.7 Å². The molecule has 0 aliphatic rings. The van der Waals surface area contributed by atoms with Gasteiger partial charge in [0, 0.05) is 19.2 Å². The summed E-state index contributed by atoms with van der Waals surface area (Å²) >= 11 is 0. The zero-order valence-corrected chi connectivity index (χ0v) is 14.4. The minimum Gasteiger partial charge on any atom is -0.352 e. The Kier molecular flexibility index (Phi) is 4.64. The first-order chi connectivity index (χ1) is 11.6. The molecule has 6 nitrogen and oxygen atoms in total. The largest absolute Gasteiger partial charge is 0.352 e. The number of carbonyl (C=O) groups excluding carboxylic acids is 1. The minimum atomic E-state index is -0.0143. The van der Waals surface area contributed by atoms with E-state index in [-0.39, 0.29) is 5.91 Å². The number of benzene rings is 1. The number of aromatic nitrogens is 4. The number of unbranched alkanes of at least 4 members (excludes halogenated alkanes) is 1. The Morgan fingerprint density at radius 3 is 2.71 bits per heavy atom. The molecule has 0 saturated carbocycles. The summed E-state index contributed by atoms with van der Waals surface area (Å²) in [5.74, 6) is -0.0143. The first kappa shape index (κ1) is 16.2. The summed E-state index contributed by atoms with van der Waals surface area (Å²) < 4.78 is 3.80. The van der Waals surface area contributed by atoms with E-state index in [1.54, 1.807) is 0 Å². The summed E-state index contributed by atoms with van der Waals surface area (Å²) in [5, 5.41) is 11.8. The van der Waals surface area contributed by atoms with Crippen LogP contribution in [0, 0.1) is 6.92 Å². The van der Waals surface area contributed by atoms with E-state index in [9.17, 15) is 4.79 Å². The van der Waals surface area contributed by atoms with Crippen molar-refractivity contribution >= 4 is 16.9 Å². The summed E-state index contributed by atoms with van der Waals surface area (Å²) in [5.41, 5.74) is 4.85. The van der Waals surface area contributed by atoms with Gasteiger partial charge < -0.3 is 5.32 Å². The molecule has 126 valence electrons. The fraction of sp³-hybridized carbons (Fsp3) is 0.389. The Hall–Kier alpha value is -2.63. The van der Waals surface area contributed by atoms with Crippen LogP contribution in [0.15, 0.2) is 30.5 Å². The Morgan fingerprint density at radius 2 is 2.00 bits per heavy atom. The SMILES string of the molecule is CCCCNC(=O)c1ccc(Cn2ncc3c2c(C)nn3C)cc1. The summed E-state index contributed by atoms with van der Waals surface area (Å²) in [6.07, 6.45) is 3.92. The van der Waals surface area contributed by atoms with Crippen molar-refractivity contribution in [3.05, 3.63) is 47.3 Å². The molecule has 0 aliphatic carbocycles. The maximum Gasteiger partial charge on any atom is 0.251 e. The molecule has 6 heteroatoms. The number of fused-ring (bicyclic) bond motifs is 1. The van der Waals surface area contributed by atoms with Crippen molar-refractivity contribution in [1.82, 2.24) is 24.9 Å². The third kappa shape index (κ3) is 3.18. The highest BCUT2D eigenvalue weighted by Crippen LogP contribution is 2.18. The molecule has 3 rings (SSSR count). The van der Waals surface area contributed by atoms with Gasteiger partial charge in [-0.05, 0) is 31.0 Å². The molecule has 0 saturated heterocycles. The second-order valence-electron chi connectivity index (χ2n) is 6.05. The van der Waals surface area contributed by atoms with Crippen LogP contribution in [0.1, 0.15) is 41.4 Å². The summed E-state index contributed by atoms with van der Waals surface area (Å²) in [4.78, 5) is 12.0. The molecule has 0 unspecified atom stereocenters. The number of hydrogen-bond donors (Lipinski definition) is 1. The molecular formula is C18H23N5O. The van der Waals surface area contributed by atoms with Gasteiger partial charge in [0.25, 0.3) is 5.91 Å². The van der Waals surface area contributed by atoms with Gasteiger partial charge in [0.2, 0.25) is 0 Å². The van der Waals surface area contributed by atoms with E-state index < -0.39 is 0 Å². The van der Waals surface area contributed by atoms with E-state index in [2.05, 4.69) is 22.4 Å². The highest BCUT2D eigenvalue weighted by atomic mass is 16.1. The van der Waals surface area contributed by atoms with Crippen LogP contribution in [0.5, 0.6) is 0 Å². The average molecular weight is 325 g/mol. The zero-order chi connectivity index (χ0) is 17.1. The molecular weight excluding hydrogens is 302 g/mol. The summed E-state index contributed by atoms with van der Waals surface area (Å²) in [6.45, 7) is 5.48. The van der Waals surface area contributed by atoms with Crippen LogP contribution in [0.4, 0.5) is 0 Å². The lowest BCUT2D eigenvalue weighted by Crippen LogP contribution is -2.24. The van der Waals surface area contributed by atoms with Crippen molar-refractivity contribution in [2.24, 2.45) is 7.05 Å². The summed E-state index contributed by atoms with van der Waals surface area (Å²) in [6, 6.07) is 7.70. The molecule has 2 heterocycles. The van der Waals surface area contributed by atoms with Crippen LogP contribution in [0.3, 0.4) is 0 Å². The van der Waals surface area contributed by atoms with Crippen LogP contribution in [-0.4, -0.2) is 32.0 Å². The van der Waals surface area contributed by atoms with E-state index in [1.165, 1.54) is 0 Å². The normalized spacial score (nSPS) is 11.1. The first-order valence-corrected chi connectivity index (χ1v) is 8.32. The minimum absolute atomic E-state index is 0.0143. The van der Waals surface area contributed by atoms with Gasteiger partial charge in [-0.1, -0.05) is 25.5 Å². The predicted molar refractivity (Wildman–Crippen MR) is 94.0 cm³/mol. The number of aryl methyl sites for hydroxylation is 2. The second kappa shape index (κ2) is 6.86. The number of hydrogen-bond acceptors (Lipinski definition) is 3. The second-order valence-corrected chi connectivity index (χ2v) is 6.05. The molecule has 0 atom stereocenters. The predicted octanol–water partition coefficient (Wildman–Crippen LogP) is 2.66. The lowest BCUT2D eigenvalue weighted by Gasteiger charge is -2.06. The summed E-state index contributed by atoms with van der Waals surface area (Å²) in [7, 11) is 1.92. The zero-order valence-electron chi connectivity index (χ0n) is 14.4. The van der Waals surface area contributed by atoms with Gasteiger partial charge in [0.15, 0.2) is 0 Å². The Labute approximate surface area is 141 Å². The molecule has 1 aromatic carbocycles. The van der Waals surface area contributed by atoms with Crippen molar-refractivity contribution in [2.45, 2.75) is 33.2 Å². The maximum atomic E-state index is 12.0. The van der Waals surface area contributed by atoms with Crippen molar-refractivity contribution in [1.29, 1.82) is 0 Å². The third-order valence-corrected chi connectivity index (χ3v) is 4.18. The van der Waals surface area contributed by atoms with Crippen molar-refractivity contribution < 1.29 is 4.79 Å². The highest BCUT2D eigenvalue weighted by molar-refractivity contribution is 5.94. The van der Waals surface area contributed by atoms with Gasteiger partial charge in [-0.2, -0.15) is 10.2 Å². The van der Waals surface area contributed by atoms with Crippen LogP contribution in [-0.2, 0) is 13.6 Å². The van der Waals surface area contributed by atoms with Gasteiger partial charge in [0.1, 0.15) is 11.0 Å². The fourth-order valence-electron chi connectivity index (χ4n) is 2.85. The molecule has 0 aliphatic heterocycles. The monoisotopic (exact) mass is 325 g/mol. The van der Waals surface area contributed by atoms with Crippen molar-refractivity contribution in [3.8, 4) is 0 Å². The van der Waals surface area contributed by atoms with Crippen LogP contribution in [0.25, 0.3) is 11.0 Å². The lowest BCUT2D eigenvalue weighted by atomic mass is 10.1. The van der Waals surface area contributed by atoms with Crippen molar-refractivity contribution in [2.75, 3.05) is 6.54 Å².